The highest BCUT2D eigenvalue weighted by Crippen LogP contribution is 2.68. The Balaban J connectivity index is 1.99. The summed E-state index contributed by atoms with van der Waals surface area (Å²) >= 11 is 0. The monoisotopic (exact) mass is 156 g/mol. The van der Waals surface area contributed by atoms with Crippen LogP contribution in [0.2, 0.25) is 0 Å². The molecule has 1 amide bonds. The molecule has 4 heteroatoms. The molecule has 11 heavy (non-hydrogen) atoms. The molecule has 0 radical (unpaired) electrons. The van der Waals surface area contributed by atoms with Crippen LogP contribution in [0.4, 0.5) is 0 Å². The Morgan fingerprint density at radius 2 is 2.09 bits per heavy atom. The van der Waals surface area contributed by atoms with Gasteiger partial charge in [-0.2, -0.15) is 0 Å². The summed E-state index contributed by atoms with van der Waals surface area (Å²) in [6, 6.07) is 0. The van der Waals surface area contributed by atoms with Crippen molar-refractivity contribution in [1.29, 1.82) is 0 Å². The number of nitrogens with one attached hydrogen (secondary N) is 1. The average Bonchev–Trinajstić information content (AvgIpc) is 1.83. The van der Waals surface area contributed by atoms with E-state index >= 15 is 0 Å². The summed E-state index contributed by atoms with van der Waals surface area (Å²) in [7, 11) is 1.70. The molecular formula is C7H12N2O2. The molecule has 3 fully saturated rings. The second-order valence-electron chi connectivity index (χ2n) is 3.67. The number of methoxy groups -OCH3 is 1. The van der Waals surface area contributed by atoms with Crippen molar-refractivity contribution < 1.29 is 9.53 Å². The summed E-state index contributed by atoms with van der Waals surface area (Å²) in [5, 5.41) is 0. The number of carbonyl (C=O) groups is 1. The Morgan fingerprint density at radius 1 is 1.55 bits per heavy atom. The molecule has 0 aromatic carbocycles. The minimum absolute atomic E-state index is 0.0311. The Bertz CT molecular complexity index is 195. The van der Waals surface area contributed by atoms with Gasteiger partial charge in [-0.25, -0.2) is 5.84 Å². The van der Waals surface area contributed by atoms with Crippen LogP contribution in [0.1, 0.15) is 19.3 Å². The molecule has 3 rings (SSSR count). The smallest absolute Gasteiger partial charge is 0.240 e. The normalized spacial score (nSPS) is 45.6. The fraction of sp³-hybridized carbons (Fsp3) is 0.857. The molecule has 3 N–H and O–H groups in total. The molecule has 3 aliphatic carbocycles. The quantitative estimate of drug-likeness (QED) is 0.323. The van der Waals surface area contributed by atoms with Gasteiger partial charge in [-0.05, 0) is 19.3 Å². The zero-order chi connectivity index (χ0) is 8.11. The zero-order valence-corrected chi connectivity index (χ0v) is 6.52. The molecule has 0 atom stereocenters. The van der Waals surface area contributed by atoms with E-state index in [1.165, 1.54) is 0 Å². The molecule has 0 heterocycles. The lowest BCUT2D eigenvalue weighted by Gasteiger charge is -2.67. The summed E-state index contributed by atoms with van der Waals surface area (Å²) in [6.07, 6.45) is 2.54. The van der Waals surface area contributed by atoms with Crippen LogP contribution in [0.5, 0.6) is 0 Å². The van der Waals surface area contributed by atoms with Crippen LogP contribution in [0.25, 0.3) is 0 Å². The number of amides is 1. The van der Waals surface area contributed by atoms with Gasteiger partial charge in [0.15, 0.2) is 0 Å². The molecule has 0 unspecified atom stereocenters. The summed E-state index contributed by atoms with van der Waals surface area (Å²) in [5.74, 6) is 5.01. The number of rotatable bonds is 2. The van der Waals surface area contributed by atoms with Crippen LogP contribution < -0.4 is 11.3 Å². The van der Waals surface area contributed by atoms with Gasteiger partial charge in [0, 0.05) is 7.11 Å². The van der Waals surface area contributed by atoms with E-state index < -0.39 is 0 Å². The highest BCUT2D eigenvalue weighted by molar-refractivity contribution is 5.86. The predicted octanol–water partition coefficient (Wildman–Crippen LogP) is -0.455. The van der Waals surface area contributed by atoms with Crippen LogP contribution in [0, 0.1) is 5.41 Å². The van der Waals surface area contributed by atoms with Crippen LogP contribution in [-0.4, -0.2) is 18.6 Å². The Labute approximate surface area is 65.1 Å². The molecule has 0 aromatic heterocycles. The van der Waals surface area contributed by atoms with Gasteiger partial charge < -0.3 is 4.74 Å². The summed E-state index contributed by atoms with van der Waals surface area (Å²) < 4.78 is 5.24. The summed E-state index contributed by atoms with van der Waals surface area (Å²) in [5.41, 5.74) is 2.06. The highest BCUT2D eigenvalue weighted by Gasteiger charge is 2.72. The zero-order valence-electron chi connectivity index (χ0n) is 6.52. The Hall–Kier alpha value is -0.610. The fourth-order valence-electron chi connectivity index (χ4n) is 2.31. The third kappa shape index (κ3) is 0.636. The highest BCUT2D eigenvalue weighted by atomic mass is 16.5. The number of hydrogen-bond acceptors (Lipinski definition) is 3. The minimum Gasteiger partial charge on any atom is -0.378 e. The number of nitrogens with two attached hydrogens (primary N) is 1. The molecule has 2 bridgehead atoms. The molecule has 62 valence electrons. The maximum absolute atomic E-state index is 11.1. The molecule has 4 nitrogen and oxygen atoms in total. The van der Waals surface area contributed by atoms with E-state index in [4.69, 9.17) is 10.6 Å². The Morgan fingerprint density at radius 3 is 2.45 bits per heavy atom. The third-order valence-corrected chi connectivity index (χ3v) is 3.03. The van der Waals surface area contributed by atoms with Crippen LogP contribution in [0.3, 0.4) is 0 Å². The standard InChI is InChI=1S/C7H12N2O2/c1-11-7-2-6(3-7,4-7)5(10)9-8/h2-4,8H2,1H3,(H,9,10). The second kappa shape index (κ2) is 1.76. The first kappa shape index (κ1) is 7.06. The van der Waals surface area contributed by atoms with E-state index in [9.17, 15) is 4.79 Å². The van der Waals surface area contributed by atoms with E-state index in [2.05, 4.69) is 5.43 Å². The largest absolute Gasteiger partial charge is 0.378 e. The van der Waals surface area contributed by atoms with Gasteiger partial charge in [-0.1, -0.05) is 0 Å². The van der Waals surface area contributed by atoms with E-state index in [-0.39, 0.29) is 16.9 Å². The molecular weight excluding hydrogens is 144 g/mol. The van der Waals surface area contributed by atoms with Crippen molar-refractivity contribution in [3.8, 4) is 0 Å². The van der Waals surface area contributed by atoms with E-state index in [0.717, 1.165) is 19.3 Å². The maximum atomic E-state index is 11.1. The lowest BCUT2D eigenvalue weighted by atomic mass is 9.41. The van der Waals surface area contributed by atoms with Crippen molar-refractivity contribution in [1.82, 2.24) is 5.43 Å². The van der Waals surface area contributed by atoms with E-state index in [0.29, 0.717) is 0 Å². The van der Waals surface area contributed by atoms with Crippen molar-refractivity contribution in [3.63, 3.8) is 0 Å². The van der Waals surface area contributed by atoms with Crippen molar-refractivity contribution in [3.05, 3.63) is 0 Å². The van der Waals surface area contributed by atoms with Crippen LogP contribution >= 0.6 is 0 Å². The predicted molar refractivity (Wildman–Crippen MR) is 38.4 cm³/mol. The Kier molecular flexibility index (Phi) is 1.13. The first-order valence-corrected chi connectivity index (χ1v) is 3.73. The molecule has 0 aliphatic heterocycles. The average molecular weight is 156 g/mol. The van der Waals surface area contributed by atoms with Gasteiger partial charge in [0.1, 0.15) is 0 Å². The summed E-state index contributed by atoms with van der Waals surface area (Å²) in [4.78, 5) is 11.1. The molecule has 0 saturated heterocycles. The fourth-order valence-corrected chi connectivity index (χ4v) is 2.31. The molecule has 3 aliphatic rings. The number of hydrogen-bond donors (Lipinski definition) is 2. The topological polar surface area (TPSA) is 64.3 Å². The molecule has 0 spiro atoms. The van der Waals surface area contributed by atoms with Crippen molar-refractivity contribution in [2.45, 2.75) is 24.9 Å². The molecule has 3 saturated carbocycles. The van der Waals surface area contributed by atoms with Gasteiger partial charge in [0.2, 0.25) is 5.91 Å². The van der Waals surface area contributed by atoms with Gasteiger partial charge in [0.25, 0.3) is 0 Å². The number of carbonyl (C=O) groups excluding carboxylic acids is 1. The number of hydrazine groups is 1. The van der Waals surface area contributed by atoms with Gasteiger partial charge in [-0.3, -0.25) is 10.2 Å². The number of ether oxygens (including phenoxy) is 1. The van der Waals surface area contributed by atoms with Gasteiger partial charge in [0.05, 0.1) is 11.0 Å². The third-order valence-electron chi connectivity index (χ3n) is 3.03. The first-order valence-electron chi connectivity index (χ1n) is 3.73. The lowest BCUT2D eigenvalue weighted by Crippen LogP contribution is -2.73. The lowest BCUT2D eigenvalue weighted by molar-refractivity contribution is -0.263. The van der Waals surface area contributed by atoms with E-state index in [1.54, 1.807) is 7.11 Å². The molecule has 0 aromatic rings. The maximum Gasteiger partial charge on any atom is 0.240 e. The second-order valence-corrected chi connectivity index (χ2v) is 3.67. The van der Waals surface area contributed by atoms with Crippen molar-refractivity contribution in [2.24, 2.45) is 11.3 Å². The van der Waals surface area contributed by atoms with Crippen molar-refractivity contribution >= 4 is 5.91 Å². The van der Waals surface area contributed by atoms with Crippen LogP contribution in [0.15, 0.2) is 0 Å². The van der Waals surface area contributed by atoms with E-state index in [1.807, 2.05) is 0 Å². The minimum atomic E-state index is -0.162. The van der Waals surface area contributed by atoms with Crippen molar-refractivity contribution in [2.75, 3.05) is 7.11 Å². The van der Waals surface area contributed by atoms with Gasteiger partial charge in [-0.15, -0.1) is 0 Å². The SMILES string of the molecule is COC12CC(C(=O)NN)(C1)C2. The van der Waals surface area contributed by atoms with Gasteiger partial charge >= 0.3 is 0 Å². The van der Waals surface area contributed by atoms with Crippen LogP contribution in [-0.2, 0) is 9.53 Å². The summed E-state index contributed by atoms with van der Waals surface area (Å²) in [6.45, 7) is 0. The first-order chi connectivity index (χ1) is 5.16.